The predicted octanol–water partition coefficient (Wildman–Crippen LogP) is 0.370. The Morgan fingerprint density at radius 1 is 1.40 bits per heavy atom. The van der Waals surface area contributed by atoms with Crippen molar-refractivity contribution in [2.45, 2.75) is 52.2 Å². The lowest BCUT2D eigenvalue weighted by Crippen LogP contribution is -2.46. The molecule has 3 N–H and O–H groups in total. The average Bonchev–Trinajstić information content (AvgIpc) is 1.99. The van der Waals surface area contributed by atoms with E-state index in [1.165, 1.54) is 0 Å². The number of hydrogen-bond acceptors (Lipinski definition) is 3. The molecule has 0 aliphatic heterocycles. The molecule has 6 heteroatoms. The molecule has 1 atom stereocenters. The summed E-state index contributed by atoms with van der Waals surface area (Å²) in [7, 11) is -3.49. The van der Waals surface area contributed by atoms with Crippen molar-refractivity contribution in [1.29, 1.82) is 0 Å². The Kier molecular flexibility index (Phi) is 5.72. The molecular weight excluding hydrogens is 216 g/mol. The van der Waals surface area contributed by atoms with Crippen LogP contribution in [0.5, 0.6) is 0 Å². The Morgan fingerprint density at radius 3 is 2.33 bits per heavy atom. The van der Waals surface area contributed by atoms with Gasteiger partial charge in [-0.05, 0) is 27.2 Å². The smallest absolute Gasteiger partial charge is 0.277 e. The van der Waals surface area contributed by atoms with Crippen molar-refractivity contribution in [1.82, 2.24) is 9.44 Å². The molecule has 0 bridgehead atoms. The molecule has 0 rings (SSSR count). The Labute approximate surface area is 92.4 Å². The zero-order valence-corrected chi connectivity index (χ0v) is 10.7. The molecule has 0 heterocycles. The van der Waals surface area contributed by atoms with Crippen LogP contribution in [0.4, 0.5) is 0 Å². The first-order valence-corrected chi connectivity index (χ1v) is 6.66. The topological polar surface area (TPSA) is 78.4 Å². The summed E-state index contributed by atoms with van der Waals surface area (Å²) in [5.41, 5.74) is -0.986. The second kappa shape index (κ2) is 5.79. The van der Waals surface area contributed by atoms with Gasteiger partial charge in [0.25, 0.3) is 10.2 Å². The van der Waals surface area contributed by atoms with Gasteiger partial charge in [-0.15, -0.1) is 0 Å². The van der Waals surface area contributed by atoms with E-state index in [1.54, 1.807) is 20.8 Å². The number of rotatable bonds is 7. The van der Waals surface area contributed by atoms with Crippen molar-refractivity contribution in [3.8, 4) is 0 Å². The molecule has 0 aliphatic rings. The molecule has 0 aromatic heterocycles. The molecule has 0 saturated carbocycles. The van der Waals surface area contributed by atoms with Gasteiger partial charge in [0.05, 0.1) is 5.60 Å². The van der Waals surface area contributed by atoms with Crippen LogP contribution in [-0.4, -0.2) is 31.7 Å². The summed E-state index contributed by atoms with van der Waals surface area (Å²) >= 11 is 0. The first-order valence-electron chi connectivity index (χ1n) is 5.18. The SMILES string of the molecule is CCCC(C)(O)CNS(=O)(=O)NC(C)C. The van der Waals surface area contributed by atoms with Crippen LogP contribution in [0.25, 0.3) is 0 Å². The maximum Gasteiger partial charge on any atom is 0.277 e. The van der Waals surface area contributed by atoms with Crippen molar-refractivity contribution in [2.75, 3.05) is 6.54 Å². The minimum absolute atomic E-state index is 0.0306. The molecule has 5 nitrogen and oxygen atoms in total. The predicted molar refractivity (Wildman–Crippen MR) is 60.7 cm³/mol. The zero-order chi connectivity index (χ0) is 12.1. The van der Waals surface area contributed by atoms with Crippen LogP contribution >= 0.6 is 0 Å². The van der Waals surface area contributed by atoms with Gasteiger partial charge in [-0.1, -0.05) is 13.3 Å². The second-order valence-corrected chi connectivity index (χ2v) is 5.88. The molecule has 0 radical (unpaired) electrons. The summed E-state index contributed by atoms with van der Waals surface area (Å²) < 4.78 is 27.4. The third kappa shape index (κ3) is 7.72. The number of nitrogens with one attached hydrogen (secondary N) is 2. The highest BCUT2D eigenvalue weighted by Gasteiger charge is 2.22. The van der Waals surface area contributed by atoms with Gasteiger partial charge in [0, 0.05) is 12.6 Å². The largest absolute Gasteiger partial charge is 0.389 e. The van der Waals surface area contributed by atoms with Crippen LogP contribution in [0, 0.1) is 0 Å². The van der Waals surface area contributed by atoms with Crippen LogP contribution < -0.4 is 9.44 Å². The fourth-order valence-corrected chi connectivity index (χ4v) is 2.43. The molecule has 0 amide bonds. The van der Waals surface area contributed by atoms with E-state index >= 15 is 0 Å². The summed E-state index contributed by atoms with van der Waals surface area (Å²) in [5, 5.41) is 9.76. The van der Waals surface area contributed by atoms with Crippen LogP contribution in [0.2, 0.25) is 0 Å². The van der Waals surface area contributed by atoms with E-state index in [-0.39, 0.29) is 12.6 Å². The Bertz CT molecular complexity index is 273. The molecule has 15 heavy (non-hydrogen) atoms. The monoisotopic (exact) mass is 238 g/mol. The van der Waals surface area contributed by atoms with Crippen LogP contribution in [0.1, 0.15) is 40.5 Å². The van der Waals surface area contributed by atoms with Crippen molar-refractivity contribution in [2.24, 2.45) is 0 Å². The molecule has 0 fully saturated rings. The molecule has 0 spiro atoms. The van der Waals surface area contributed by atoms with E-state index in [4.69, 9.17) is 0 Å². The van der Waals surface area contributed by atoms with E-state index in [1.807, 2.05) is 6.92 Å². The van der Waals surface area contributed by atoms with Crippen LogP contribution in [0.3, 0.4) is 0 Å². The maximum absolute atomic E-state index is 11.4. The molecule has 0 aromatic rings. The van der Waals surface area contributed by atoms with Crippen molar-refractivity contribution in [3.63, 3.8) is 0 Å². The zero-order valence-electron chi connectivity index (χ0n) is 9.87. The third-order valence-electron chi connectivity index (χ3n) is 1.82. The highest BCUT2D eigenvalue weighted by atomic mass is 32.2. The Balaban J connectivity index is 4.14. The summed E-state index contributed by atoms with van der Waals surface area (Å²) in [6, 6.07) is -0.154. The Hall–Kier alpha value is -0.170. The summed E-state index contributed by atoms with van der Waals surface area (Å²) in [5.74, 6) is 0. The van der Waals surface area contributed by atoms with E-state index < -0.39 is 15.8 Å². The number of hydrogen-bond donors (Lipinski definition) is 3. The van der Waals surface area contributed by atoms with Crippen molar-refractivity contribution < 1.29 is 13.5 Å². The van der Waals surface area contributed by atoms with Crippen LogP contribution in [0.15, 0.2) is 0 Å². The lowest BCUT2D eigenvalue weighted by molar-refractivity contribution is 0.0553. The molecule has 0 aliphatic carbocycles. The van der Waals surface area contributed by atoms with Gasteiger partial charge < -0.3 is 5.11 Å². The van der Waals surface area contributed by atoms with E-state index in [9.17, 15) is 13.5 Å². The summed E-state index contributed by atoms with van der Waals surface area (Å²) in [4.78, 5) is 0. The molecule has 0 aromatic carbocycles. The minimum atomic E-state index is -3.49. The minimum Gasteiger partial charge on any atom is -0.389 e. The van der Waals surface area contributed by atoms with Gasteiger partial charge in [-0.2, -0.15) is 17.9 Å². The third-order valence-corrected chi connectivity index (χ3v) is 3.13. The van der Waals surface area contributed by atoms with Crippen molar-refractivity contribution in [3.05, 3.63) is 0 Å². The highest BCUT2D eigenvalue weighted by Crippen LogP contribution is 2.10. The highest BCUT2D eigenvalue weighted by molar-refractivity contribution is 7.87. The fourth-order valence-electron chi connectivity index (χ4n) is 1.23. The summed E-state index contributed by atoms with van der Waals surface area (Å²) in [6.07, 6.45) is 1.38. The molecule has 92 valence electrons. The van der Waals surface area contributed by atoms with E-state index in [2.05, 4.69) is 9.44 Å². The lowest BCUT2D eigenvalue weighted by Gasteiger charge is -2.23. The standard InChI is InChI=1S/C9H22N2O3S/c1-5-6-9(4,12)7-10-15(13,14)11-8(2)3/h8,10-12H,5-7H2,1-4H3. The van der Waals surface area contributed by atoms with E-state index in [0.717, 1.165) is 6.42 Å². The molecule has 1 unspecified atom stereocenters. The average molecular weight is 238 g/mol. The first-order chi connectivity index (χ1) is 6.68. The van der Waals surface area contributed by atoms with Gasteiger partial charge in [0.1, 0.15) is 0 Å². The quantitative estimate of drug-likeness (QED) is 0.599. The Morgan fingerprint density at radius 2 is 1.93 bits per heavy atom. The van der Waals surface area contributed by atoms with Gasteiger partial charge in [0.2, 0.25) is 0 Å². The molecule has 0 saturated heterocycles. The second-order valence-electron chi connectivity index (χ2n) is 4.34. The van der Waals surface area contributed by atoms with Crippen molar-refractivity contribution >= 4 is 10.2 Å². The first kappa shape index (κ1) is 14.8. The van der Waals surface area contributed by atoms with E-state index in [0.29, 0.717) is 6.42 Å². The molecular formula is C9H22N2O3S. The van der Waals surface area contributed by atoms with Gasteiger partial charge in [-0.3, -0.25) is 0 Å². The lowest BCUT2D eigenvalue weighted by atomic mass is 10.0. The number of aliphatic hydroxyl groups is 1. The maximum atomic E-state index is 11.4. The summed E-state index contributed by atoms with van der Waals surface area (Å²) in [6.45, 7) is 7.07. The van der Waals surface area contributed by atoms with Crippen LogP contribution in [-0.2, 0) is 10.2 Å². The fraction of sp³-hybridized carbons (Fsp3) is 1.00. The van der Waals surface area contributed by atoms with Gasteiger partial charge in [0.15, 0.2) is 0 Å². The van der Waals surface area contributed by atoms with Gasteiger partial charge in [-0.25, -0.2) is 0 Å². The van der Waals surface area contributed by atoms with Gasteiger partial charge >= 0.3 is 0 Å². The normalized spacial score (nSPS) is 16.7.